The average molecular weight is 438 g/mol. The summed E-state index contributed by atoms with van der Waals surface area (Å²) in [7, 11) is 0. The molecule has 0 saturated heterocycles. The van der Waals surface area contributed by atoms with Gasteiger partial charge in [-0.3, -0.25) is 4.79 Å². The molecule has 0 fully saturated rings. The van der Waals surface area contributed by atoms with Crippen LogP contribution in [-0.2, 0) is 0 Å². The van der Waals surface area contributed by atoms with Gasteiger partial charge in [-0.2, -0.15) is 15.3 Å². The van der Waals surface area contributed by atoms with Crippen molar-refractivity contribution >= 4 is 11.6 Å². The van der Waals surface area contributed by atoms with E-state index in [1.807, 2.05) is 26.8 Å². The number of nitrogens with zero attached hydrogens (tertiary/aromatic N) is 5. The maximum absolute atomic E-state index is 12.4. The lowest BCUT2D eigenvalue weighted by Gasteiger charge is -2.10. The summed E-state index contributed by atoms with van der Waals surface area (Å²) in [6.07, 6.45) is 0. The van der Waals surface area contributed by atoms with Gasteiger partial charge in [0.1, 0.15) is 11.6 Å². The zero-order valence-corrected chi connectivity index (χ0v) is 18.7. The second-order valence-electron chi connectivity index (χ2n) is 7.59. The van der Waals surface area contributed by atoms with E-state index in [0.717, 1.165) is 17.0 Å². The Morgan fingerprint density at radius 3 is 2.30 bits per heavy atom. The molecule has 0 unspecified atom stereocenters. The topological polar surface area (TPSA) is 106 Å². The first-order chi connectivity index (χ1) is 15.8. The van der Waals surface area contributed by atoms with Gasteiger partial charge in [0.15, 0.2) is 5.82 Å². The van der Waals surface area contributed by atoms with Crippen molar-refractivity contribution in [3.8, 4) is 23.5 Å². The van der Waals surface area contributed by atoms with Crippen LogP contribution in [0, 0.1) is 39.0 Å². The van der Waals surface area contributed by atoms with Crippen molar-refractivity contribution in [2.24, 2.45) is 0 Å². The van der Waals surface area contributed by atoms with E-state index in [1.54, 1.807) is 66.2 Å². The highest BCUT2D eigenvalue weighted by molar-refractivity contribution is 6.04. The molecular weight excluding hydrogens is 416 g/mol. The van der Waals surface area contributed by atoms with Gasteiger partial charge in [0.2, 0.25) is 5.88 Å². The molecule has 0 spiro atoms. The van der Waals surface area contributed by atoms with E-state index >= 15 is 0 Å². The van der Waals surface area contributed by atoms with Gasteiger partial charge in [0.25, 0.3) is 5.91 Å². The molecule has 4 aromatic rings. The van der Waals surface area contributed by atoms with E-state index in [4.69, 9.17) is 10.00 Å². The van der Waals surface area contributed by atoms with Crippen LogP contribution in [-0.4, -0.2) is 25.7 Å². The maximum atomic E-state index is 12.4. The Hall–Kier alpha value is -4.51. The number of rotatable bonds is 5. The number of amides is 1. The molecule has 0 aliphatic heterocycles. The van der Waals surface area contributed by atoms with Crippen LogP contribution in [0.15, 0.2) is 54.6 Å². The van der Waals surface area contributed by atoms with E-state index in [-0.39, 0.29) is 5.91 Å². The lowest BCUT2D eigenvalue weighted by Crippen LogP contribution is -2.11. The minimum absolute atomic E-state index is 0.260. The molecule has 0 saturated carbocycles. The van der Waals surface area contributed by atoms with Gasteiger partial charge in [-0.15, -0.1) is 0 Å². The molecule has 1 N–H and O–H groups in total. The summed E-state index contributed by atoms with van der Waals surface area (Å²) >= 11 is 0. The zero-order chi connectivity index (χ0) is 23.5. The third kappa shape index (κ3) is 4.72. The Labute approximate surface area is 191 Å². The number of hydrogen-bond acceptors (Lipinski definition) is 6. The fourth-order valence-corrected chi connectivity index (χ4v) is 3.26. The summed E-state index contributed by atoms with van der Waals surface area (Å²) in [4.78, 5) is 21.3. The Morgan fingerprint density at radius 1 is 1.00 bits per heavy atom. The number of aromatic nitrogens is 4. The highest BCUT2D eigenvalue weighted by Crippen LogP contribution is 2.24. The summed E-state index contributed by atoms with van der Waals surface area (Å²) in [5.41, 5.74) is 4.67. The fraction of sp³-hybridized carbons (Fsp3) is 0.160. The number of nitriles is 1. The smallest absolute Gasteiger partial charge is 0.255 e. The van der Waals surface area contributed by atoms with E-state index < -0.39 is 0 Å². The number of anilines is 1. The number of ether oxygens (including phenoxy) is 1. The van der Waals surface area contributed by atoms with Crippen molar-refractivity contribution in [2.75, 3.05) is 5.32 Å². The number of benzene rings is 2. The van der Waals surface area contributed by atoms with Crippen LogP contribution in [0.2, 0.25) is 0 Å². The van der Waals surface area contributed by atoms with Crippen molar-refractivity contribution in [3.63, 3.8) is 0 Å². The first-order valence-corrected chi connectivity index (χ1v) is 10.3. The molecule has 2 aromatic carbocycles. The fourth-order valence-electron chi connectivity index (χ4n) is 3.26. The summed E-state index contributed by atoms with van der Waals surface area (Å²) in [5.74, 6) is 1.91. The molecule has 33 heavy (non-hydrogen) atoms. The molecule has 2 aromatic heterocycles. The van der Waals surface area contributed by atoms with E-state index in [1.165, 1.54) is 0 Å². The summed E-state index contributed by atoms with van der Waals surface area (Å²) in [5, 5.41) is 16.3. The number of carbonyl (C=O) groups excluding carboxylic acids is 1. The first-order valence-electron chi connectivity index (χ1n) is 10.3. The molecule has 0 aliphatic rings. The third-order valence-corrected chi connectivity index (χ3v) is 5.28. The Morgan fingerprint density at radius 2 is 1.70 bits per heavy atom. The first kappa shape index (κ1) is 21.7. The molecular formula is C25H22N6O2. The van der Waals surface area contributed by atoms with Gasteiger partial charge < -0.3 is 10.1 Å². The summed E-state index contributed by atoms with van der Waals surface area (Å²) < 4.78 is 7.72. The van der Waals surface area contributed by atoms with Crippen molar-refractivity contribution in [3.05, 3.63) is 88.5 Å². The quantitative estimate of drug-likeness (QED) is 0.479. The second-order valence-corrected chi connectivity index (χ2v) is 7.59. The van der Waals surface area contributed by atoms with Gasteiger partial charge in [-0.25, -0.2) is 9.67 Å². The van der Waals surface area contributed by atoms with Crippen LogP contribution in [0.4, 0.5) is 5.69 Å². The van der Waals surface area contributed by atoms with Crippen molar-refractivity contribution < 1.29 is 9.53 Å². The average Bonchev–Trinajstić information content (AvgIpc) is 3.07. The molecule has 0 bridgehead atoms. The lowest BCUT2D eigenvalue weighted by atomic mass is 10.1. The predicted molar refractivity (Wildman–Crippen MR) is 124 cm³/mol. The monoisotopic (exact) mass is 438 g/mol. The maximum Gasteiger partial charge on any atom is 0.255 e. The molecule has 8 heteroatoms. The van der Waals surface area contributed by atoms with Gasteiger partial charge in [0.05, 0.1) is 17.3 Å². The van der Waals surface area contributed by atoms with E-state index in [0.29, 0.717) is 40.1 Å². The third-order valence-electron chi connectivity index (χ3n) is 5.28. The number of hydrogen-bond donors (Lipinski definition) is 1. The molecule has 8 nitrogen and oxygen atoms in total. The summed E-state index contributed by atoms with van der Waals surface area (Å²) in [6.45, 7) is 7.79. The van der Waals surface area contributed by atoms with Crippen molar-refractivity contribution in [1.29, 1.82) is 5.26 Å². The Balaban J connectivity index is 1.48. The number of aryl methyl sites for hydroxylation is 2. The lowest BCUT2D eigenvalue weighted by molar-refractivity contribution is 0.102. The van der Waals surface area contributed by atoms with E-state index in [9.17, 15) is 4.79 Å². The van der Waals surface area contributed by atoms with Crippen LogP contribution >= 0.6 is 0 Å². The molecule has 2 heterocycles. The van der Waals surface area contributed by atoms with Crippen molar-refractivity contribution in [1.82, 2.24) is 19.7 Å². The normalized spacial score (nSPS) is 10.5. The second kappa shape index (κ2) is 8.93. The zero-order valence-electron chi connectivity index (χ0n) is 18.7. The van der Waals surface area contributed by atoms with Gasteiger partial charge >= 0.3 is 0 Å². The Bertz CT molecular complexity index is 1370. The standard InChI is InChI=1S/C25H22N6O2/c1-15-16(2)30-31(17(15)3)23-13-24(28-18(4)27-23)33-22-11-9-21(10-12-22)29-25(32)20-7-5-19(14-26)6-8-20/h5-13H,1-4H3,(H,29,32). The number of carbonyl (C=O) groups is 1. The van der Waals surface area contributed by atoms with Crippen LogP contribution in [0.25, 0.3) is 5.82 Å². The van der Waals surface area contributed by atoms with Gasteiger partial charge in [-0.05, 0) is 81.8 Å². The van der Waals surface area contributed by atoms with Gasteiger partial charge in [-0.1, -0.05) is 0 Å². The minimum Gasteiger partial charge on any atom is -0.439 e. The predicted octanol–water partition coefficient (Wildman–Crippen LogP) is 4.81. The largest absolute Gasteiger partial charge is 0.439 e. The molecule has 0 radical (unpaired) electrons. The molecule has 0 aliphatic carbocycles. The Kier molecular flexibility index (Phi) is 5.87. The van der Waals surface area contributed by atoms with Crippen LogP contribution in [0.1, 0.15) is 38.7 Å². The molecule has 164 valence electrons. The minimum atomic E-state index is -0.260. The van der Waals surface area contributed by atoms with Crippen molar-refractivity contribution in [2.45, 2.75) is 27.7 Å². The summed E-state index contributed by atoms with van der Waals surface area (Å²) in [6, 6.07) is 17.2. The van der Waals surface area contributed by atoms with Gasteiger partial charge in [0, 0.05) is 23.0 Å². The molecule has 0 atom stereocenters. The van der Waals surface area contributed by atoms with Crippen LogP contribution < -0.4 is 10.1 Å². The number of nitrogens with one attached hydrogen (secondary N) is 1. The SMILES string of the molecule is Cc1nc(Oc2ccc(NC(=O)c3ccc(C#N)cc3)cc2)cc(-n2nc(C)c(C)c2C)n1. The highest BCUT2D eigenvalue weighted by atomic mass is 16.5. The molecule has 4 rings (SSSR count). The highest BCUT2D eigenvalue weighted by Gasteiger charge is 2.13. The van der Waals surface area contributed by atoms with Crippen LogP contribution in [0.3, 0.4) is 0 Å². The van der Waals surface area contributed by atoms with E-state index in [2.05, 4.69) is 20.4 Å². The van der Waals surface area contributed by atoms with Crippen LogP contribution in [0.5, 0.6) is 11.6 Å². The molecule has 1 amide bonds.